The molecule has 0 saturated carbocycles. The first kappa shape index (κ1) is 15.3. The van der Waals surface area contributed by atoms with Crippen LogP contribution < -0.4 is 5.43 Å². The van der Waals surface area contributed by atoms with E-state index in [2.05, 4.69) is 107 Å². The molecule has 1 aliphatic heterocycles. The van der Waals surface area contributed by atoms with Gasteiger partial charge in [-0.3, -0.25) is 0 Å². The van der Waals surface area contributed by atoms with Crippen molar-refractivity contribution in [1.82, 2.24) is 10.4 Å². The summed E-state index contributed by atoms with van der Waals surface area (Å²) in [7, 11) is 0. The minimum Gasteiger partial charge on any atom is -0.237 e. The maximum absolute atomic E-state index is 3.34. The summed E-state index contributed by atoms with van der Waals surface area (Å²) >= 11 is 0. The quantitative estimate of drug-likeness (QED) is 0.507. The average molecular weight is 336 g/mol. The summed E-state index contributed by atoms with van der Waals surface area (Å²) in [5.41, 5.74) is 8.51. The number of nitrogens with zero attached hydrogens (tertiary/aromatic N) is 1. The number of hydrazine groups is 1. The summed E-state index contributed by atoms with van der Waals surface area (Å²) in [5, 5.41) is 4.85. The van der Waals surface area contributed by atoms with Crippen LogP contribution in [0.4, 0.5) is 0 Å². The minimum atomic E-state index is 0.262. The number of hydrogen-bond donors (Lipinski definition) is 1. The van der Waals surface area contributed by atoms with Crippen LogP contribution in [-0.4, -0.2) is 11.7 Å². The summed E-state index contributed by atoms with van der Waals surface area (Å²) in [6.07, 6.45) is 0. The van der Waals surface area contributed by atoms with Gasteiger partial charge in [0.05, 0.1) is 12.7 Å². The first-order chi connectivity index (χ1) is 12.9. The Kier molecular flexibility index (Phi) is 3.78. The van der Waals surface area contributed by atoms with E-state index in [0.717, 1.165) is 6.67 Å². The second-order valence-electron chi connectivity index (χ2n) is 6.75. The molecule has 1 fully saturated rings. The zero-order valence-corrected chi connectivity index (χ0v) is 14.5. The van der Waals surface area contributed by atoms with E-state index in [0.29, 0.717) is 0 Å². The van der Waals surface area contributed by atoms with Crippen LogP contribution in [0.25, 0.3) is 21.9 Å². The van der Waals surface area contributed by atoms with Crippen LogP contribution in [-0.2, 0) is 0 Å². The highest BCUT2D eigenvalue weighted by molar-refractivity contribution is 5.96. The van der Waals surface area contributed by atoms with E-state index in [1.807, 2.05) is 0 Å². The molecule has 0 radical (unpaired) electrons. The lowest BCUT2D eigenvalue weighted by Gasteiger charge is -2.18. The number of rotatable bonds is 4. The van der Waals surface area contributed by atoms with Crippen molar-refractivity contribution in [2.75, 3.05) is 6.67 Å². The van der Waals surface area contributed by atoms with Crippen molar-refractivity contribution in [1.29, 1.82) is 0 Å². The molecule has 1 heterocycles. The smallest absolute Gasteiger partial charge is 0.0765 e. The fourth-order valence-electron chi connectivity index (χ4n) is 3.73. The number of hydrogen-bond acceptors (Lipinski definition) is 2. The van der Waals surface area contributed by atoms with Gasteiger partial charge in [-0.25, -0.2) is 10.4 Å². The molecular formula is C24H20N2. The summed E-state index contributed by atoms with van der Waals surface area (Å²) in [4.78, 5) is 0. The van der Waals surface area contributed by atoms with Gasteiger partial charge in [-0.15, -0.1) is 0 Å². The molecule has 4 aromatic rings. The lowest BCUT2D eigenvalue weighted by molar-refractivity contribution is 0.433. The van der Waals surface area contributed by atoms with E-state index in [1.54, 1.807) is 0 Å². The SMILES string of the molecule is c1ccc(C(c2ccc(-c3cccc4ccccc34)cc2)N2CN2)cc1. The van der Waals surface area contributed by atoms with Crippen molar-refractivity contribution in [3.05, 3.63) is 108 Å². The van der Waals surface area contributed by atoms with E-state index in [4.69, 9.17) is 0 Å². The van der Waals surface area contributed by atoms with Gasteiger partial charge in [-0.1, -0.05) is 97.1 Å². The Morgan fingerprint density at radius 2 is 1.31 bits per heavy atom. The van der Waals surface area contributed by atoms with Crippen LogP contribution >= 0.6 is 0 Å². The van der Waals surface area contributed by atoms with Gasteiger partial charge in [-0.05, 0) is 33.0 Å². The predicted octanol–water partition coefficient (Wildman–Crippen LogP) is 5.37. The summed E-state index contributed by atoms with van der Waals surface area (Å²) in [6, 6.07) is 35.0. The molecule has 0 spiro atoms. The van der Waals surface area contributed by atoms with E-state index in [-0.39, 0.29) is 6.04 Å². The monoisotopic (exact) mass is 336 g/mol. The van der Waals surface area contributed by atoms with Gasteiger partial charge in [0.25, 0.3) is 0 Å². The molecule has 2 atom stereocenters. The number of nitrogens with one attached hydrogen (secondary N) is 1. The highest BCUT2D eigenvalue weighted by Crippen LogP contribution is 2.33. The molecule has 1 N–H and O–H groups in total. The van der Waals surface area contributed by atoms with Gasteiger partial charge in [0, 0.05) is 0 Å². The van der Waals surface area contributed by atoms with Crippen molar-refractivity contribution in [2.24, 2.45) is 0 Å². The van der Waals surface area contributed by atoms with Gasteiger partial charge in [-0.2, -0.15) is 0 Å². The van der Waals surface area contributed by atoms with Crippen molar-refractivity contribution in [3.8, 4) is 11.1 Å². The van der Waals surface area contributed by atoms with Crippen LogP contribution in [0.15, 0.2) is 97.1 Å². The predicted molar refractivity (Wildman–Crippen MR) is 108 cm³/mol. The molecule has 1 saturated heterocycles. The maximum atomic E-state index is 3.34. The number of fused-ring (bicyclic) bond motifs is 1. The molecule has 0 aromatic heterocycles. The zero-order chi connectivity index (χ0) is 17.3. The lowest BCUT2D eigenvalue weighted by Crippen LogP contribution is -2.13. The molecular weight excluding hydrogens is 316 g/mol. The zero-order valence-electron chi connectivity index (χ0n) is 14.5. The standard InChI is InChI=1S/C24H20N2/c1-2-8-20(9-3-1)24(26-17-25-26)21-15-13-19(14-16-21)23-12-6-10-18-7-4-5-11-22(18)23/h1-16,24-25H,17H2. The second kappa shape index (κ2) is 6.41. The highest BCUT2D eigenvalue weighted by atomic mass is 15.7. The Hall–Kier alpha value is -2.94. The molecule has 2 heteroatoms. The number of benzene rings is 4. The Labute approximate surface area is 153 Å². The Morgan fingerprint density at radius 3 is 2.08 bits per heavy atom. The molecule has 126 valence electrons. The average Bonchev–Trinajstić information content (AvgIpc) is 3.54. The molecule has 2 unspecified atom stereocenters. The van der Waals surface area contributed by atoms with Gasteiger partial charge >= 0.3 is 0 Å². The van der Waals surface area contributed by atoms with Gasteiger partial charge in [0.2, 0.25) is 0 Å². The fraction of sp³-hybridized carbons (Fsp3) is 0.0833. The van der Waals surface area contributed by atoms with E-state index in [9.17, 15) is 0 Å². The molecule has 2 nitrogen and oxygen atoms in total. The molecule has 0 aliphatic carbocycles. The maximum Gasteiger partial charge on any atom is 0.0765 e. The van der Waals surface area contributed by atoms with Crippen molar-refractivity contribution < 1.29 is 0 Å². The summed E-state index contributed by atoms with van der Waals surface area (Å²) in [6.45, 7) is 0.935. The highest BCUT2D eigenvalue weighted by Gasteiger charge is 2.29. The molecule has 0 amide bonds. The Balaban J connectivity index is 1.54. The fourth-order valence-corrected chi connectivity index (χ4v) is 3.73. The topological polar surface area (TPSA) is 25.0 Å². The third kappa shape index (κ3) is 2.80. The molecule has 1 aliphatic rings. The molecule has 4 aromatic carbocycles. The molecule has 5 rings (SSSR count). The third-order valence-corrected chi connectivity index (χ3v) is 5.09. The first-order valence-corrected chi connectivity index (χ1v) is 9.03. The van der Waals surface area contributed by atoms with Crippen LogP contribution in [0.5, 0.6) is 0 Å². The van der Waals surface area contributed by atoms with Crippen LogP contribution in [0.1, 0.15) is 17.2 Å². The van der Waals surface area contributed by atoms with Crippen molar-refractivity contribution >= 4 is 10.8 Å². The van der Waals surface area contributed by atoms with Gasteiger partial charge in [0.1, 0.15) is 0 Å². The second-order valence-corrected chi connectivity index (χ2v) is 6.75. The Morgan fingerprint density at radius 1 is 0.654 bits per heavy atom. The van der Waals surface area contributed by atoms with Crippen molar-refractivity contribution in [2.45, 2.75) is 6.04 Å². The first-order valence-electron chi connectivity index (χ1n) is 9.03. The largest absolute Gasteiger partial charge is 0.237 e. The lowest BCUT2D eigenvalue weighted by atomic mass is 9.94. The third-order valence-electron chi connectivity index (χ3n) is 5.09. The minimum absolute atomic E-state index is 0.262. The van der Waals surface area contributed by atoms with Crippen LogP contribution in [0, 0.1) is 0 Å². The van der Waals surface area contributed by atoms with Gasteiger partial charge < -0.3 is 0 Å². The van der Waals surface area contributed by atoms with Crippen LogP contribution in [0.3, 0.4) is 0 Å². The van der Waals surface area contributed by atoms with Gasteiger partial charge in [0.15, 0.2) is 0 Å². The van der Waals surface area contributed by atoms with Crippen molar-refractivity contribution in [3.63, 3.8) is 0 Å². The van der Waals surface area contributed by atoms with E-state index < -0.39 is 0 Å². The van der Waals surface area contributed by atoms with E-state index in [1.165, 1.54) is 33.0 Å². The summed E-state index contributed by atoms with van der Waals surface area (Å²) in [5.74, 6) is 0. The molecule has 0 bridgehead atoms. The normalized spacial score (nSPS) is 17.2. The Bertz CT molecular complexity index is 1030. The van der Waals surface area contributed by atoms with E-state index >= 15 is 0 Å². The summed E-state index contributed by atoms with van der Waals surface area (Å²) < 4.78 is 0. The van der Waals surface area contributed by atoms with Crippen LogP contribution in [0.2, 0.25) is 0 Å². The molecule has 26 heavy (non-hydrogen) atoms.